The lowest BCUT2D eigenvalue weighted by Gasteiger charge is -2.26. The lowest BCUT2D eigenvalue weighted by atomic mass is 10.0. The molecule has 4 heteroatoms. The van der Waals surface area contributed by atoms with Crippen LogP contribution in [0.15, 0.2) is 146 Å². The van der Waals surface area contributed by atoms with Crippen molar-refractivity contribution in [2.24, 2.45) is 0 Å². The summed E-state index contributed by atoms with van der Waals surface area (Å²) in [5, 5.41) is 0. The van der Waals surface area contributed by atoms with Gasteiger partial charge in [0.05, 0.1) is 6.42 Å². The van der Waals surface area contributed by atoms with Crippen molar-refractivity contribution in [2.45, 2.75) is 34.1 Å². The van der Waals surface area contributed by atoms with Gasteiger partial charge in [0.2, 0.25) is 0 Å². The minimum atomic E-state index is -0.205. The standard InChI is InChI=1S/C43H38N2O2/c1-30-5-17-36(18-6-30)44(37-19-7-31(2)8-20-37)40-25-13-34(14-26-40)42(46)29-43(47)35-15-27-41(28-16-35)45(38-21-9-32(3)10-22-38)39-23-11-33(4)12-24-39/h5-28H,29H2,1-4H3. The van der Waals surface area contributed by atoms with E-state index in [1.807, 2.05) is 48.5 Å². The molecule has 0 N–H and O–H groups in total. The first-order valence-electron chi connectivity index (χ1n) is 15.9. The minimum absolute atomic E-state index is 0.196. The molecule has 4 nitrogen and oxygen atoms in total. The Morgan fingerprint density at radius 1 is 0.340 bits per heavy atom. The Labute approximate surface area is 277 Å². The van der Waals surface area contributed by atoms with E-state index in [1.54, 1.807) is 0 Å². The largest absolute Gasteiger partial charge is 0.311 e. The predicted octanol–water partition coefficient (Wildman–Crippen LogP) is 11.3. The molecule has 6 aromatic carbocycles. The van der Waals surface area contributed by atoms with E-state index in [0.29, 0.717) is 11.1 Å². The number of nitrogens with zero attached hydrogens (tertiary/aromatic N) is 2. The van der Waals surface area contributed by atoms with Crippen molar-refractivity contribution in [3.8, 4) is 0 Å². The van der Waals surface area contributed by atoms with Gasteiger partial charge in [-0.05, 0) is 125 Å². The third kappa shape index (κ3) is 7.23. The van der Waals surface area contributed by atoms with Crippen LogP contribution in [-0.4, -0.2) is 11.6 Å². The van der Waals surface area contributed by atoms with E-state index < -0.39 is 0 Å². The number of ketones is 2. The molecule has 0 saturated carbocycles. The van der Waals surface area contributed by atoms with Crippen LogP contribution in [0.1, 0.15) is 49.4 Å². The fraction of sp³-hybridized carbons (Fsp3) is 0.116. The van der Waals surface area contributed by atoms with E-state index in [-0.39, 0.29) is 18.0 Å². The number of benzene rings is 6. The van der Waals surface area contributed by atoms with Gasteiger partial charge in [0.1, 0.15) is 0 Å². The van der Waals surface area contributed by atoms with Crippen LogP contribution in [-0.2, 0) is 0 Å². The number of rotatable bonds is 10. The second-order valence-electron chi connectivity index (χ2n) is 12.1. The summed E-state index contributed by atoms with van der Waals surface area (Å²) in [6.45, 7) is 8.28. The van der Waals surface area contributed by atoms with E-state index in [4.69, 9.17) is 0 Å². The highest BCUT2D eigenvalue weighted by Crippen LogP contribution is 2.36. The fourth-order valence-corrected chi connectivity index (χ4v) is 5.61. The van der Waals surface area contributed by atoms with Gasteiger partial charge in [-0.1, -0.05) is 70.8 Å². The Kier molecular flexibility index (Phi) is 9.12. The van der Waals surface area contributed by atoms with Gasteiger partial charge in [0, 0.05) is 45.3 Å². The average Bonchev–Trinajstić information content (AvgIpc) is 3.09. The second kappa shape index (κ2) is 13.7. The summed E-state index contributed by atoms with van der Waals surface area (Å²) < 4.78 is 0. The number of Topliss-reactive ketones (excluding diaryl/α,β-unsaturated/α-hetero) is 2. The van der Waals surface area contributed by atoms with E-state index in [1.165, 1.54) is 22.3 Å². The molecule has 0 amide bonds. The van der Waals surface area contributed by atoms with Crippen LogP contribution in [0.5, 0.6) is 0 Å². The zero-order valence-electron chi connectivity index (χ0n) is 27.3. The van der Waals surface area contributed by atoms with Crippen molar-refractivity contribution in [3.63, 3.8) is 0 Å². The summed E-state index contributed by atoms with van der Waals surface area (Å²) in [4.78, 5) is 30.9. The topological polar surface area (TPSA) is 40.6 Å². The monoisotopic (exact) mass is 614 g/mol. The molecular formula is C43H38N2O2. The number of aryl methyl sites for hydroxylation is 4. The molecule has 0 fully saturated rings. The SMILES string of the molecule is Cc1ccc(N(c2ccc(C)cc2)c2ccc(C(=O)CC(=O)c3ccc(N(c4ccc(C)cc4)c4ccc(C)cc4)cc3)cc2)cc1. The molecule has 0 bridgehead atoms. The smallest absolute Gasteiger partial charge is 0.170 e. The molecular weight excluding hydrogens is 576 g/mol. The molecule has 232 valence electrons. The minimum Gasteiger partial charge on any atom is -0.311 e. The van der Waals surface area contributed by atoms with Gasteiger partial charge in [-0.25, -0.2) is 0 Å². The zero-order valence-corrected chi connectivity index (χ0v) is 27.3. The van der Waals surface area contributed by atoms with Crippen molar-refractivity contribution in [3.05, 3.63) is 179 Å². The van der Waals surface area contributed by atoms with Crippen LogP contribution in [0.3, 0.4) is 0 Å². The lowest BCUT2D eigenvalue weighted by molar-refractivity contribution is 0.0894. The molecule has 0 heterocycles. The molecule has 6 aromatic rings. The fourth-order valence-electron chi connectivity index (χ4n) is 5.61. The molecule has 0 unspecified atom stereocenters. The second-order valence-corrected chi connectivity index (χ2v) is 12.1. The first kappa shape index (κ1) is 31.3. The number of hydrogen-bond acceptors (Lipinski definition) is 4. The van der Waals surface area contributed by atoms with Crippen molar-refractivity contribution < 1.29 is 9.59 Å². The van der Waals surface area contributed by atoms with Crippen LogP contribution >= 0.6 is 0 Å². The number of anilines is 6. The van der Waals surface area contributed by atoms with Crippen LogP contribution in [0.25, 0.3) is 0 Å². The lowest BCUT2D eigenvalue weighted by Crippen LogP contribution is -2.12. The highest BCUT2D eigenvalue weighted by molar-refractivity contribution is 6.13. The third-order valence-corrected chi connectivity index (χ3v) is 8.38. The summed E-state index contributed by atoms with van der Waals surface area (Å²) in [5.41, 5.74) is 11.8. The Balaban J connectivity index is 1.19. The first-order valence-corrected chi connectivity index (χ1v) is 15.9. The van der Waals surface area contributed by atoms with Gasteiger partial charge in [0.15, 0.2) is 11.6 Å². The maximum Gasteiger partial charge on any atom is 0.170 e. The van der Waals surface area contributed by atoms with Crippen molar-refractivity contribution in [2.75, 3.05) is 9.80 Å². The normalized spacial score (nSPS) is 10.8. The Hall–Kier alpha value is -5.74. The van der Waals surface area contributed by atoms with Gasteiger partial charge >= 0.3 is 0 Å². The van der Waals surface area contributed by atoms with Crippen LogP contribution in [0.2, 0.25) is 0 Å². The number of hydrogen-bond donors (Lipinski definition) is 0. The predicted molar refractivity (Wildman–Crippen MR) is 194 cm³/mol. The maximum absolute atomic E-state index is 13.3. The molecule has 47 heavy (non-hydrogen) atoms. The molecule has 6 rings (SSSR count). The maximum atomic E-state index is 13.3. The van der Waals surface area contributed by atoms with Gasteiger partial charge in [-0.3, -0.25) is 9.59 Å². The molecule has 0 aliphatic carbocycles. The summed E-state index contributed by atoms with van der Waals surface area (Å²) >= 11 is 0. The van der Waals surface area contributed by atoms with Gasteiger partial charge < -0.3 is 9.80 Å². The molecule has 0 radical (unpaired) electrons. The first-order chi connectivity index (χ1) is 22.7. The van der Waals surface area contributed by atoms with Crippen LogP contribution in [0.4, 0.5) is 34.1 Å². The van der Waals surface area contributed by atoms with Gasteiger partial charge in [-0.15, -0.1) is 0 Å². The van der Waals surface area contributed by atoms with E-state index in [9.17, 15) is 9.59 Å². The Morgan fingerprint density at radius 3 is 0.745 bits per heavy atom. The van der Waals surface area contributed by atoms with Crippen LogP contribution < -0.4 is 9.80 Å². The highest BCUT2D eigenvalue weighted by Gasteiger charge is 2.18. The molecule has 0 atom stereocenters. The number of carbonyl (C=O) groups excluding carboxylic acids is 2. The molecule has 0 aromatic heterocycles. The van der Waals surface area contributed by atoms with Crippen LogP contribution in [0, 0.1) is 27.7 Å². The third-order valence-electron chi connectivity index (χ3n) is 8.38. The van der Waals surface area contributed by atoms with Crippen molar-refractivity contribution in [1.29, 1.82) is 0 Å². The molecule has 0 saturated heterocycles. The van der Waals surface area contributed by atoms with Gasteiger partial charge in [-0.2, -0.15) is 0 Å². The van der Waals surface area contributed by atoms with E-state index in [2.05, 4.69) is 135 Å². The quantitative estimate of drug-likeness (QED) is 0.114. The van der Waals surface area contributed by atoms with E-state index >= 15 is 0 Å². The van der Waals surface area contributed by atoms with Gasteiger partial charge in [0.25, 0.3) is 0 Å². The Bertz CT molecular complexity index is 1740. The highest BCUT2D eigenvalue weighted by atomic mass is 16.1. The summed E-state index contributed by atoms with van der Waals surface area (Å²) in [6.07, 6.45) is -0.196. The van der Waals surface area contributed by atoms with Crippen molar-refractivity contribution >= 4 is 45.7 Å². The molecule has 0 aliphatic rings. The Morgan fingerprint density at radius 2 is 0.532 bits per heavy atom. The summed E-state index contributed by atoms with van der Waals surface area (Å²) in [5.74, 6) is -0.410. The summed E-state index contributed by atoms with van der Waals surface area (Å²) in [6, 6.07) is 48.5. The zero-order chi connectivity index (χ0) is 32.9. The molecule has 0 aliphatic heterocycles. The van der Waals surface area contributed by atoms with Crippen molar-refractivity contribution in [1.82, 2.24) is 0 Å². The summed E-state index contributed by atoms with van der Waals surface area (Å²) in [7, 11) is 0. The number of carbonyl (C=O) groups is 2. The average molecular weight is 615 g/mol. The van der Waals surface area contributed by atoms with E-state index in [0.717, 1.165) is 34.1 Å². The molecule has 0 spiro atoms.